The number of hydrogen-bond acceptors (Lipinski definition) is 2. The second-order valence-electron chi connectivity index (χ2n) is 4.61. The highest BCUT2D eigenvalue weighted by Gasteiger charge is 2.16. The van der Waals surface area contributed by atoms with E-state index in [-0.39, 0.29) is 5.91 Å². The molecule has 0 aromatic heterocycles. The van der Waals surface area contributed by atoms with Crippen LogP contribution in [-0.4, -0.2) is 11.7 Å². The van der Waals surface area contributed by atoms with Crippen molar-refractivity contribution in [1.29, 1.82) is 0 Å². The van der Waals surface area contributed by atoms with Crippen LogP contribution in [0.5, 0.6) is 0 Å². The third-order valence-electron chi connectivity index (χ3n) is 2.76. The fourth-order valence-corrected chi connectivity index (χ4v) is 2.73. The quantitative estimate of drug-likeness (QED) is 0.385. The maximum absolute atomic E-state index is 12.2. The molecule has 104 valence electrons. The molecule has 0 N–H and O–H groups in total. The monoisotopic (exact) mass is 277 g/mol. The molecular weight excluding hydrogens is 254 g/mol. The summed E-state index contributed by atoms with van der Waals surface area (Å²) in [5.74, 6) is 0.958. The van der Waals surface area contributed by atoms with Crippen LogP contribution >= 0.6 is 11.9 Å². The Morgan fingerprint density at radius 1 is 1.21 bits per heavy atom. The fraction of sp³-hybridized carbons (Fsp3) is 0.438. The van der Waals surface area contributed by atoms with E-state index in [4.69, 9.17) is 0 Å². The van der Waals surface area contributed by atoms with E-state index in [1.165, 1.54) is 19.3 Å². The van der Waals surface area contributed by atoms with Gasteiger partial charge in [-0.1, -0.05) is 51.0 Å². The summed E-state index contributed by atoms with van der Waals surface area (Å²) in [6, 6.07) is 9.77. The average molecular weight is 277 g/mol. The predicted octanol–water partition coefficient (Wildman–Crippen LogP) is 4.82. The van der Waals surface area contributed by atoms with Gasteiger partial charge in [-0.3, -0.25) is 9.10 Å². The second kappa shape index (κ2) is 8.81. The molecule has 19 heavy (non-hydrogen) atoms. The number of unbranched alkanes of at least 4 members (excludes halogenated alkanes) is 3. The summed E-state index contributed by atoms with van der Waals surface area (Å²) in [5, 5.41) is 0. The maximum atomic E-state index is 12.2. The minimum atomic E-state index is -0.00769. The van der Waals surface area contributed by atoms with E-state index in [1.54, 1.807) is 23.2 Å². The highest BCUT2D eigenvalue weighted by molar-refractivity contribution is 8.01. The SMILES string of the molecule is C=C(C)C(=O)N(SCCCCCC)c1ccccc1. The van der Waals surface area contributed by atoms with Crippen LogP contribution in [0.2, 0.25) is 0 Å². The Balaban J connectivity index is 2.61. The molecule has 0 unspecified atom stereocenters. The van der Waals surface area contributed by atoms with Crippen molar-refractivity contribution < 1.29 is 4.79 Å². The lowest BCUT2D eigenvalue weighted by atomic mass is 10.2. The van der Waals surface area contributed by atoms with Gasteiger partial charge in [0.2, 0.25) is 0 Å². The number of carbonyl (C=O) groups excluding carboxylic acids is 1. The third kappa shape index (κ3) is 5.52. The topological polar surface area (TPSA) is 20.3 Å². The first-order valence-electron chi connectivity index (χ1n) is 6.84. The standard InChI is InChI=1S/C16H23NOS/c1-4-5-6-10-13-19-17(16(18)14(2)3)15-11-8-7-9-12-15/h7-9,11-12H,2,4-6,10,13H2,1,3H3. The van der Waals surface area contributed by atoms with Crippen molar-refractivity contribution in [3.05, 3.63) is 42.5 Å². The van der Waals surface area contributed by atoms with Gasteiger partial charge in [-0.25, -0.2) is 0 Å². The first-order valence-corrected chi connectivity index (χ1v) is 7.79. The first-order chi connectivity index (χ1) is 9.16. The van der Waals surface area contributed by atoms with Crippen molar-refractivity contribution in [2.24, 2.45) is 0 Å². The minimum Gasteiger partial charge on any atom is -0.268 e. The lowest BCUT2D eigenvalue weighted by Gasteiger charge is -2.21. The van der Waals surface area contributed by atoms with E-state index in [9.17, 15) is 4.79 Å². The third-order valence-corrected chi connectivity index (χ3v) is 3.86. The molecule has 1 aromatic rings. The zero-order chi connectivity index (χ0) is 14.1. The van der Waals surface area contributed by atoms with Crippen molar-refractivity contribution >= 4 is 23.5 Å². The number of carbonyl (C=O) groups is 1. The molecule has 0 heterocycles. The highest BCUT2D eigenvalue weighted by Crippen LogP contribution is 2.25. The van der Waals surface area contributed by atoms with Crippen molar-refractivity contribution in [1.82, 2.24) is 0 Å². The lowest BCUT2D eigenvalue weighted by molar-refractivity contribution is -0.113. The van der Waals surface area contributed by atoms with Crippen LogP contribution in [0, 0.1) is 0 Å². The maximum Gasteiger partial charge on any atom is 0.263 e. The van der Waals surface area contributed by atoms with E-state index >= 15 is 0 Å². The van der Waals surface area contributed by atoms with Crippen LogP contribution < -0.4 is 4.31 Å². The Morgan fingerprint density at radius 3 is 2.47 bits per heavy atom. The molecule has 3 heteroatoms. The van der Waals surface area contributed by atoms with Gasteiger partial charge in [0, 0.05) is 11.3 Å². The molecule has 0 aliphatic heterocycles. The summed E-state index contributed by atoms with van der Waals surface area (Å²) in [6.07, 6.45) is 4.87. The second-order valence-corrected chi connectivity index (χ2v) is 5.64. The van der Waals surface area contributed by atoms with Gasteiger partial charge < -0.3 is 0 Å². The number of para-hydroxylation sites is 1. The van der Waals surface area contributed by atoms with Crippen molar-refractivity contribution in [3.63, 3.8) is 0 Å². The van der Waals surface area contributed by atoms with Gasteiger partial charge in [0.05, 0.1) is 5.69 Å². The summed E-state index contributed by atoms with van der Waals surface area (Å²) in [6.45, 7) is 7.72. The Morgan fingerprint density at radius 2 is 1.89 bits per heavy atom. The predicted molar refractivity (Wildman–Crippen MR) is 85.3 cm³/mol. The highest BCUT2D eigenvalue weighted by atomic mass is 32.2. The molecule has 0 aliphatic rings. The zero-order valence-electron chi connectivity index (χ0n) is 11.9. The smallest absolute Gasteiger partial charge is 0.263 e. The van der Waals surface area contributed by atoms with Crippen LogP contribution in [0.3, 0.4) is 0 Å². The molecule has 0 aliphatic carbocycles. The van der Waals surface area contributed by atoms with Crippen LogP contribution in [0.25, 0.3) is 0 Å². The molecule has 0 atom stereocenters. The molecule has 0 fully saturated rings. The van der Waals surface area contributed by atoms with Crippen LogP contribution in [0.4, 0.5) is 5.69 Å². The molecule has 1 amide bonds. The normalized spacial score (nSPS) is 10.2. The Labute approximate surface area is 121 Å². The van der Waals surface area contributed by atoms with Gasteiger partial charge in [-0.05, 0) is 37.4 Å². The summed E-state index contributed by atoms with van der Waals surface area (Å²) in [5.41, 5.74) is 1.50. The van der Waals surface area contributed by atoms with Gasteiger partial charge >= 0.3 is 0 Å². The Hall–Kier alpha value is -1.22. The summed E-state index contributed by atoms with van der Waals surface area (Å²) in [4.78, 5) is 12.2. The number of amides is 1. The van der Waals surface area contributed by atoms with E-state index in [2.05, 4.69) is 13.5 Å². The van der Waals surface area contributed by atoms with Crippen LogP contribution in [0.1, 0.15) is 39.5 Å². The molecule has 0 saturated carbocycles. The molecule has 0 saturated heterocycles. The summed E-state index contributed by atoms with van der Waals surface area (Å²) < 4.78 is 1.76. The molecule has 2 nitrogen and oxygen atoms in total. The van der Waals surface area contributed by atoms with E-state index in [1.807, 2.05) is 30.3 Å². The average Bonchev–Trinajstić information content (AvgIpc) is 2.43. The molecular formula is C16H23NOS. The number of anilines is 1. The van der Waals surface area contributed by atoms with Crippen molar-refractivity contribution in [3.8, 4) is 0 Å². The molecule has 0 bridgehead atoms. The van der Waals surface area contributed by atoms with Crippen molar-refractivity contribution in [2.75, 3.05) is 10.1 Å². The van der Waals surface area contributed by atoms with Gasteiger partial charge in [-0.15, -0.1) is 0 Å². The van der Waals surface area contributed by atoms with E-state index < -0.39 is 0 Å². The minimum absolute atomic E-state index is 0.00769. The largest absolute Gasteiger partial charge is 0.268 e. The van der Waals surface area contributed by atoms with E-state index in [0.717, 1.165) is 17.9 Å². The lowest BCUT2D eigenvalue weighted by Crippen LogP contribution is -2.24. The zero-order valence-corrected chi connectivity index (χ0v) is 12.7. The van der Waals surface area contributed by atoms with Gasteiger partial charge in [0.15, 0.2) is 0 Å². The first kappa shape index (κ1) is 15.8. The molecule has 1 rings (SSSR count). The Kier molecular flexibility index (Phi) is 7.34. The Bertz CT molecular complexity index is 402. The molecule has 0 spiro atoms. The number of rotatable bonds is 8. The molecule has 0 radical (unpaired) electrons. The summed E-state index contributed by atoms with van der Waals surface area (Å²) in [7, 11) is 0. The van der Waals surface area contributed by atoms with Gasteiger partial charge in [0.1, 0.15) is 0 Å². The van der Waals surface area contributed by atoms with E-state index in [0.29, 0.717) is 5.57 Å². The van der Waals surface area contributed by atoms with Crippen LogP contribution in [-0.2, 0) is 4.79 Å². The van der Waals surface area contributed by atoms with Gasteiger partial charge in [-0.2, -0.15) is 0 Å². The number of hydrogen-bond donors (Lipinski definition) is 0. The fourth-order valence-electron chi connectivity index (χ4n) is 1.67. The number of nitrogens with zero attached hydrogens (tertiary/aromatic N) is 1. The van der Waals surface area contributed by atoms with Gasteiger partial charge in [0.25, 0.3) is 5.91 Å². The summed E-state index contributed by atoms with van der Waals surface area (Å²) >= 11 is 1.58. The molecule has 1 aromatic carbocycles. The van der Waals surface area contributed by atoms with Crippen molar-refractivity contribution in [2.45, 2.75) is 39.5 Å². The van der Waals surface area contributed by atoms with Crippen LogP contribution in [0.15, 0.2) is 42.5 Å². The number of benzene rings is 1.